The van der Waals surface area contributed by atoms with Crippen molar-refractivity contribution in [2.75, 3.05) is 4.90 Å². The van der Waals surface area contributed by atoms with E-state index in [1.807, 2.05) is 59.9 Å². The van der Waals surface area contributed by atoms with E-state index in [1.54, 1.807) is 0 Å². The lowest BCUT2D eigenvalue weighted by Gasteiger charge is -2.27. The molecule has 0 bridgehead atoms. The Morgan fingerprint density at radius 2 is 1.33 bits per heavy atom. The van der Waals surface area contributed by atoms with Crippen LogP contribution < -0.4 is 20.9 Å². The minimum Gasteiger partial charge on any atom is -0.456 e. The van der Waals surface area contributed by atoms with Crippen molar-refractivity contribution in [1.29, 1.82) is 0 Å². The average molecular weight is 767 g/mol. The molecule has 7 aromatic carbocycles. The second kappa shape index (κ2) is 13.2. The molecule has 0 radical (unpaired) electrons. The first-order valence-corrected chi connectivity index (χ1v) is 20.5. The van der Waals surface area contributed by atoms with E-state index in [2.05, 4.69) is 132 Å². The first kappa shape index (κ1) is 33.0. The topological polar surface area (TPSA) is 66.3 Å². The molecular weight excluding hydrogens is 733 g/mol. The fourth-order valence-corrected chi connectivity index (χ4v) is 9.72. The molecule has 7 heteroatoms. The third-order valence-corrected chi connectivity index (χ3v) is 12.5. The van der Waals surface area contributed by atoms with Crippen molar-refractivity contribution in [1.82, 2.24) is 5.32 Å². The van der Waals surface area contributed by atoms with E-state index >= 15 is 0 Å². The third kappa shape index (κ3) is 5.31. The van der Waals surface area contributed by atoms with Gasteiger partial charge in [-0.15, -0.1) is 11.3 Å². The van der Waals surface area contributed by atoms with Crippen LogP contribution in [0.4, 0.5) is 17.1 Å². The van der Waals surface area contributed by atoms with Crippen LogP contribution in [0.1, 0.15) is 35.7 Å². The predicted octanol–water partition coefficient (Wildman–Crippen LogP) is 12.0. The van der Waals surface area contributed by atoms with Crippen LogP contribution in [0.5, 0.6) is 0 Å². The van der Waals surface area contributed by atoms with Gasteiger partial charge in [0.25, 0.3) is 0 Å². The van der Waals surface area contributed by atoms with Gasteiger partial charge in [-0.1, -0.05) is 103 Å². The zero-order valence-electron chi connectivity index (χ0n) is 31.2. The number of rotatable bonds is 6. The average Bonchev–Trinajstić information content (AvgIpc) is 3.98. The number of amidine groups is 2. The molecule has 276 valence electrons. The highest BCUT2D eigenvalue weighted by Crippen LogP contribution is 2.44. The van der Waals surface area contributed by atoms with Crippen molar-refractivity contribution in [3.63, 3.8) is 0 Å². The third-order valence-electron chi connectivity index (χ3n) is 11.4. The van der Waals surface area contributed by atoms with Gasteiger partial charge in [-0.25, -0.2) is 9.98 Å². The highest BCUT2D eigenvalue weighted by Gasteiger charge is 2.27. The molecule has 1 N–H and O–H groups in total. The molecule has 1 aliphatic heterocycles. The molecule has 4 heterocycles. The minimum absolute atomic E-state index is 0.333. The van der Waals surface area contributed by atoms with Gasteiger partial charge in [-0.05, 0) is 79.1 Å². The number of hydrogen-bond acceptors (Lipinski definition) is 7. The molecule has 10 aromatic rings. The first-order chi connectivity index (χ1) is 28.7. The van der Waals surface area contributed by atoms with Gasteiger partial charge in [0.2, 0.25) is 0 Å². The number of fused-ring (bicyclic) bond motifs is 9. The Hall–Kier alpha value is -7.22. The second-order valence-corrected chi connectivity index (χ2v) is 15.9. The van der Waals surface area contributed by atoms with Gasteiger partial charge in [0, 0.05) is 59.2 Å². The van der Waals surface area contributed by atoms with E-state index in [0.717, 1.165) is 96.0 Å². The van der Waals surface area contributed by atoms with Crippen LogP contribution in [0, 0.1) is 0 Å². The van der Waals surface area contributed by atoms with E-state index in [1.165, 1.54) is 20.2 Å². The quantitative estimate of drug-likeness (QED) is 0.183. The van der Waals surface area contributed by atoms with E-state index in [0.29, 0.717) is 5.84 Å². The van der Waals surface area contributed by atoms with E-state index in [4.69, 9.17) is 18.8 Å². The Balaban J connectivity index is 1.12. The molecule has 1 aliphatic carbocycles. The van der Waals surface area contributed by atoms with Crippen LogP contribution in [0.2, 0.25) is 0 Å². The Morgan fingerprint density at radius 1 is 0.603 bits per heavy atom. The summed E-state index contributed by atoms with van der Waals surface area (Å²) in [5, 5.41) is 10.4. The van der Waals surface area contributed by atoms with Crippen LogP contribution in [-0.2, 0) is 0 Å². The summed E-state index contributed by atoms with van der Waals surface area (Å²) in [4.78, 5) is 12.8. The Labute approximate surface area is 337 Å². The predicted molar refractivity (Wildman–Crippen MR) is 240 cm³/mol. The molecule has 6 nitrogen and oxygen atoms in total. The molecule has 2 aliphatic rings. The molecular formula is C51H34N4O2S. The summed E-state index contributed by atoms with van der Waals surface area (Å²) in [7, 11) is 0. The lowest BCUT2D eigenvalue weighted by molar-refractivity contribution is 0.571. The van der Waals surface area contributed by atoms with Gasteiger partial charge in [0.05, 0.1) is 16.6 Å². The van der Waals surface area contributed by atoms with Gasteiger partial charge >= 0.3 is 0 Å². The molecule has 0 amide bonds. The maximum atomic E-state index is 6.94. The lowest BCUT2D eigenvalue weighted by Crippen LogP contribution is -2.33. The number of para-hydroxylation sites is 1. The molecule has 3 aromatic heterocycles. The monoisotopic (exact) mass is 766 g/mol. The molecule has 1 unspecified atom stereocenters. The van der Waals surface area contributed by atoms with E-state index < -0.39 is 0 Å². The largest absolute Gasteiger partial charge is 0.456 e. The summed E-state index contributed by atoms with van der Waals surface area (Å²) < 4.78 is 16.0. The minimum atomic E-state index is -0.333. The van der Waals surface area contributed by atoms with Crippen LogP contribution in [0.25, 0.3) is 65.2 Å². The summed E-state index contributed by atoms with van der Waals surface area (Å²) in [6.45, 7) is 0. The highest BCUT2D eigenvalue weighted by molar-refractivity contribution is 7.25. The smallest absolute Gasteiger partial charge is 0.163 e. The number of furan rings is 2. The normalized spacial score (nSPS) is 15.2. The van der Waals surface area contributed by atoms with Gasteiger partial charge in [0.15, 0.2) is 5.84 Å². The Kier molecular flexibility index (Phi) is 7.50. The van der Waals surface area contributed by atoms with Crippen LogP contribution in [0.15, 0.2) is 177 Å². The first-order valence-electron chi connectivity index (χ1n) is 19.7. The number of thiophene rings is 1. The van der Waals surface area contributed by atoms with Gasteiger partial charge in [0.1, 0.15) is 34.2 Å². The number of nitrogens with one attached hydrogen (secondary N) is 1. The number of anilines is 3. The van der Waals surface area contributed by atoms with Crippen molar-refractivity contribution in [3.05, 3.63) is 185 Å². The molecule has 0 fully saturated rings. The summed E-state index contributed by atoms with van der Waals surface area (Å²) in [6, 6.07) is 55.2. The van der Waals surface area contributed by atoms with Crippen LogP contribution >= 0.6 is 11.3 Å². The summed E-state index contributed by atoms with van der Waals surface area (Å²) in [5.74, 6) is 1.39. The van der Waals surface area contributed by atoms with Gasteiger partial charge in [-0.3, -0.25) is 0 Å². The number of benzene rings is 7. The molecule has 58 heavy (non-hydrogen) atoms. The summed E-state index contributed by atoms with van der Waals surface area (Å²) in [6.07, 6.45) is 6.05. The standard InChI is InChI=1S/C51H34N4O2S/c1-3-13-31(14-4-1)49-52-50(32-15-5-2-6-16-32)54-51(53-49)39-26-27-41(47-38-19-8-11-21-43(38)57-48(39)47)55(33-24-28-46-40(29-33)37-18-9-12-22-45(37)58-46)34-23-25-36-35-17-7-10-20-42(35)56-44(36)30-34/h1-7,9-10,12-30,49H,8,11H2,(H,52,53,54). The van der Waals surface area contributed by atoms with Crippen LogP contribution in [0.3, 0.4) is 0 Å². The van der Waals surface area contributed by atoms with Gasteiger partial charge in [-0.2, -0.15) is 0 Å². The van der Waals surface area contributed by atoms with Crippen molar-refractivity contribution in [3.8, 4) is 0 Å². The summed E-state index contributed by atoms with van der Waals surface area (Å²) >= 11 is 1.83. The van der Waals surface area contributed by atoms with Gasteiger partial charge < -0.3 is 19.1 Å². The highest BCUT2D eigenvalue weighted by atomic mass is 32.1. The summed E-state index contributed by atoms with van der Waals surface area (Å²) in [5.41, 5.74) is 9.29. The second-order valence-electron chi connectivity index (χ2n) is 14.8. The zero-order chi connectivity index (χ0) is 38.2. The molecule has 1 atom stereocenters. The van der Waals surface area contributed by atoms with Crippen molar-refractivity contribution in [2.45, 2.75) is 19.0 Å². The SMILES string of the molecule is C1=c2oc3c(C4=NC(c5ccccc5)NC(c5ccccc5)=N4)ccc(N(c4ccc5c(c4)oc4ccccc45)c4ccc5sc6ccccc6c5c4)c3c2=CCC1. The fraction of sp³-hybridized carbons (Fsp3) is 0.0588. The Bertz CT molecular complexity index is 3450. The molecule has 0 saturated heterocycles. The fourth-order valence-electron chi connectivity index (χ4n) is 8.64. The number of hydrogen-bond donors (Lipinski definition) is 1. The van der Waals surface area contributed by atoms with Crippen molar-refractivity contribution < 1.29 is 8.83 Å². The van der Waals surface area contributed by atoms with E-state index in [-0.39, 0.29) is 6.17 Å². The maximum absolute atomic E-state index is 6.94. The Morgan fingerprint density at radius 3 is 2.22 bits per heavy atom. The van der Waals surface area contributed by atoms with Crippen molar-refractivity contribution >= 4 is 105 Å². The molecule has 12 rings (SSSR count). The zero-order valence-corrected chi connectivity index (χ0v) is 32.0. The number of nitrogens with zero attached hydrogens (tertiary/aromatic N) is 3. The number of aliphatic imine (C=N–C) groups is 2. The molecule has 0 saturated carbocycles. The lowest BCUT2D eigenvalue weighted by atomic mass is 10.0. The maximum Gasteiger partial charge on any atom is 0.163 e. The van der Waals surface area contributed by atoms with Crippen LogP contribution in [-0.4, -0.2) is 11.7 Å². The van der Waals surface area contributed by atoms with E-state index in [9.17, 15) is 0 Å². The molecule has 0 spiro atoms. The van der Waals surface area contributed by atoms with Crippen molar-refractivity contribution in [2.24, 2.45) is 9.98 Å².